The van der Waals surface area contributed by atoms with E-state index in [9.17, 15) is 0 Å². The van der Waals surface area contributed by atoms with Crippen molar-refractivity contribution >= 4 is 21.5 Å². The molecule has 0 spiro atoms. The van der Waals surface area contributed by atoms with E-state index in [4.69, 9.17) is 14.2 Å². The Morgan fingerprint density at radius 1 is 0.727 bits per heavy atom. The van der Waals surface area contributed by atoms with Crippen molar-refractivity contribution in [2.24, 2.45) is 0 Å². The second-order valence-electron chi connectivity index (χ2n) is 4.98. The third kappa shape index (κ3) is 2.33. The fraction of sp³-hybridized carbons (Fsp3) is 0.263. The first-order valence-corrected chi connectivity index (χ1v) is 7.58. The molecule has 0 aliphatic heterocycles. The van der Waals surface area contributed by atoms with Crippen LogP contribution in [0.3, 0.4) is 0 Å². The molecular weight excluding hydrogens is 276 g/mol. The van der Waals surface area contributed by atoms with Crippen LogP contribution in [0.15, 0.2) is 42.5 Å². The number of hydrogen-bond acceptors (Lipinski definition) is 3. The Kier molecular flexibility index (Phi) is 4.05. The summed E-state index contributed by atoms with van der Waals surface area (Å²) in [5, 5.41) is 4.20. The smallest absolute Gasteiger partial charge is 0.135 e. The van der Waals surface area contributed by atoms with Crippen LogP contribution in [0.5, 0.6) is 17.2 Å². The number of fused-ring (bicyclic) bond motifs is 2. The average Bonchev–Trinajstić information content (AvgIpc) is 2.57. The van der Waals surface area contributed by atoms with Crippen molar-refractivity contribution in [2.45, 2.75) is 13.8 Å². The van der Waals surface area contributed by atoms with Gasteiger partial charge in [-0.15, -0.1) is 0 Å². The number of methoxy groups -OCH3 is 1. The molecule has 0 unspecified atom stereocenters. The van der Waals surface area contributed by atoms with Gasteiger partial charge in [-0.05, 0) is 32.0 Å². The van der Waals surface area contributed by atoms with E-state index in [1.54, 1.807) is 7.11 Å². The second-order valence-corrected chi connectivity index (χ2v) is 4.98. The van der Waals surface area contributed by atoms with E-state index in [1.165, 1.54) is 0 Å². The standard InChI is InChI=1S/C19H20O3/c1-4-21-18-14-8-6-7-9-15(14)19(22-5-2)17-12-13(20-3)10-11-16(17)18/h6-12H,4-5H2,1-3H3. The summed E-state index contributed by atoms with van der Waals surface area (Å²) in [6.07, 6.45) is 0. The van der Waals surface area contributed by atoms with Crippen LogP contribution in [0, 0.1) is 0 Å². The molecule has 3 nitrogen and oxygen atoms in total. The van der Waals surface area contributed by atoms with Gasteiger partial charge in [0.2, 0.25) is 0 Å². The van der Waals surface area contributed by atoms with Crippen LogP contribution in [0.1, 0.15) is 13.8 Å². The minimum Gasteiger partial charge on any atom is -0.497 e. The molecule has 0 aliphatic rings. The Morgan fingerprint density at radius 3 is 1.82 bits per heavy atom. The maximum absolute atomic E-state index is 5.95. The first-order valence-electron chi connectivity index (χ1n) is 7.58. The maximum atomic E-state index is 5.95. The minimum absolute atomic E-state index is 0.615. The molecule has 0 aromatic heterocycles. The topological polar surface area (TPSA) is 27.7 Å². The maximum Gasteiger partial charge on any atom is 0.135 e. The lowest BCUT2D eigenvalue weighted by atomic mass is 10.00. The molecule has 0 atom stereocenters. The molecule has 22 heavy (non-hydrogen) atoms. The lowest BCUT2D eigenvalue weighted by Crippen LogP contribution is -1.99. The molecule has 0 amide bonds. The normalized spacial score (nSPS) is 10.9. The molecule has 0 bridgehead atoms. The fourth-order valence-electron chi connectivity index (χ4n) is 2.81. The van der Waals surface area contributed by atoms with Gasteiger partial charge in [0.15, 0.2) is 0 Å². The van der Waals surface area contributed by atoms with Gasteiger partial charge in [-0.2, -0.15) is 0 Å². The van der Waals surface area contributed by atoms with Crippen molar-refractivity contribution in [1.82, 2.24) is 0 Å². The van der Waals surface area contributed by atoms with Crippen LogP contribution in [0.2, 0.25) is 0 Å². The summed E-state index contributed by atoms with van der Waals surface area (Å²) >= 11 is 0. The Labute approximate surface area is 130 Å². The van der Waals surface area contributed by atoms with Crippen molar-refractivity contribution in [3.8, 4) is 17.2 Å². The predicted octanol–water partition coefficient (Wildman–Crippen LogP) is 4.80. The van der Waals surface area contributed by atoms with Gasteiger partial charge in [-0.1, -0.05) is 24.3 Å². The lowest BCUT2D eigenvalue weighted by Gasteiger charge is -2.17. The highest BCUT2D eigenvalue weighted by molar-refractivity contribution is 6.11. The van der Waals surface area contributed by atoms with Crippen molar-refractivity contribution in [3.63, 3.8) is 0 Å². The molecule has 3 heteroatoms. The molecule has 0 heterocycles. The summed E-state index contributed by atoms with van der Waals surface area (Å²) in [5.74, 6) is 2.60. The van der Waals surface area contributed by atoms with Crippen molar-refractivity contribution in [3.05, 3.63) is 42.5 Å². The predicted molar refractivity (Wildman–Crippen MR) is 90.3 cm³/mol. The summed E-state index contributed by atoms with van der Waals surface area (Å²) in [5.41, 5.74) is 0. The monoisotopic (exact) mass is 296 g/mol. The van der Waals surface area contributed by atoms with E-state index in [0.29, 0.717) is 13.2 Å². The van der Waals surface area contributed by atoms with Crippen molar-refractivity contribution in [1.29, 1.82) is 0 Å². The number of hydrogen-bond donors (Lipinski definition) is 0. The number of benzene rings is 3. The quantitative estimate of drug-likeness (QED) is 0.633. The van der Waals surface area contributed by atoms with E-state index in [1.807, 2.05) is 44.2 Å². The fourth-order valence-corrected chi connectivity index (χ4v) is 2.81. The van der Waals surface area contributed by atoms with Gasteiger partial charge in [0.1, 0.15) is 17.2 Å². The molecule has 3 aromatic carbocycles. The van der Waals surface area contributed by atoms with E-state index in [2.05, 4.69) is 12.1 Å². The van der Waals surface area contributed by atoms with Crippen LogP contribution in [0.25, 0.3) is 21.5 Å². The first-order chi connectivity index (χ1) is 10.8. The highest BCUT2D eigenvalue weighted by atomic mass is 16.5. The van der Waals surface area contributed by atoms with E-state index < -0.39 is 0 Å². The Morgan fingerprint density at radius 2 is 1.27 bits per heavy atom. The molecule has 0 aliphatic carbocycles. The summed E-state index contributed by atoms with van der Waals surface area (Å²) in [6.45, 7) is 5.24. The SMILES string of the molecule is CCOc1c2ccccc2c(OCC)c2cc(OC)ccc12. The third-order valence-electron chi connectivity index (χ3n) is 3.71. The van der Waals surface area contributed by atoms with Gasteiger partial charge in [0, 0.05) is 21.5 Å². The second kappa shape index (κ2) is 6.14. The zero-order chi connectivity index (χ0) is 15.5. The Balaban J connectivity index is 2.46. The summed E-state index contributed by atoms with van der Waals surface area (Å²) < 4.78 is 17.3. The van der Waals surface area contributed by atoms with Crippen LogP contribution >= 0.6 is 0 Å². The molecule has 114 valence electrons. The average molecular weight is 296 g/mol. The van der Waals surface area contributed by atoms with Crippen molar-refractivity contribution < 1.29 is 14.2 Å². The number of rotatable bonds is 5. The zero-order valence-electron chi connectivity index (χ0n) is 13.2. The highest BCUT2D eigenvalue weighted by Crippen LogP contribution is 2.43. The van der Waals surface area contributed by atoms with Crippen LogP contribution in [-0.2, 0) is 0 Å². The van der Waals surface area contributed by atoms with Gasteiger partial charge in [0.25, 0.3) is 0 Å². The number of ether oxygens (including phenoxy) is 3. The minimum atomic E-state index is 0.615. The summed E-state index contributed by atoms with van der Waals surface area (Å²) in [4.78, 5) is 0. The largest absolute Gasteiger partial charge is 0.497 e. The van der Waals surface area contributed by atoms with Crippen LogP contribution in [-0.4, -0.2) is 20.3 Å². The molecule has 3 rings (SSSR count). The van der Waals surface area contributed by atoms with Crippen LogP contribution < -0.4 is 14.2 Å². The van der Waals surface area contributed by atoms with Gasteiger partial charge < -0.3 is 14.2 Å². The van der Waals surface area contributed by atoms with Gasteiger partial charge in [-0.3, -0.25) is 0 Å². The van der Waals surface area contributed by atoms with E-state index in [-0.39, 0.29) is 0 Å². The summed E-state index contributed by atoms with van der Waals surface area (Å²) in [6, 6.07) is 14.2. The van der Waals surface area contributed by atoms with Gasteiger partial charge >= 0.3 is 0 Å². The molecule has 0 N–H and O–H groups in total. The Bertz CT molecular complexity index is 808. The lowest BCUT2D eigenvalue weighted by molar-refractivity contribution is 0.342. The molecule has 0 radical (unpaired) electrons. The molecular formula is C19H20O3. The zero-order valence-corrected chi connectivity index (χ0v) is 13.2. The molecule has 3 aromatic rings. The highest BCUT2D eigenvalue weighted by Gasteiger charge is 2.16. The van der Waals surface area contributed by atoms with Gasteiger partial charge in [-0.25, -0.2) is 0 Å². The summed E-state index contributed by atoms with van der Waals surface area (Å²) in [7, 11) is 1.67. The first kappa shape index (κ1) is 14.5. The van der Waals surface area contributed by atoms with E-state index in [0.717, 1.165) is 38.8 Å². The molecule has 0 saturated heterocycles. The molecule has 0 fully saturated rings. The molecule has 0 saturated carbocycles. The van der Waals surface area contributed by atoms with Gasteiger partial charge in [0.05, 0.1) is 20.3 Å². The van der Waals surface area contributed by atoms with Crippen molar-refractivity contribution in [2.75, 3.05) is 20.3 Å². The third-order valence-corrected chi connectivity index (χ3v) is 3.71. The van der Waals surface area contributed by atoms with E-state index >= 15 is 0 Å². The Hall–Kier alpha value is -2.42. The van der Waals surface area contributed by atoms with Crippen LogP contribution in [0.4, 0.5) is 0 Å².